The van der Waals surface area contributed by atoms with Crippen molar-refractivity contribution in [2.75, 3.05) is 6.54 Å². The summed E-state index contributed by atoms with van der Waals surface area (Å²) in [5, 5.41) is 0. The van der Waals surface area contributed by atoms with Crippen molar-refractivity contribution in [3.63, 3.8) is 0 Å². The molecule has 1 aliphatic carbocycles. The summed E-state index contributed by atoms with van der Waals surface area (Å²) in [6.45, 7) is 10.9. The van der Waals surface area contributed by atoms with E-state index in [1.807, 2.05) is 25.7 Å². The van der Waals surface area contributed by atoms with Crippen LogP contribution in [0.5, 0.6) is 0 Å². The van der Waals surface area contributed by atoms with Crippen molar-refractivity contribution in [3.8, 4) is 0 Å². The molecule has 4 heteroatoms. The van der Waals surface area contributed by atoms with Gasteiger partial charge in [0.25, 0.3) is 0 Å². The minimum Gasteiger partial charge on any atom is -0.444 e. The topological polar surface area (TPSA) is 55.6 Å². The monoisotopic (exact) mass is 296 g/mol. The summed E-state index contributed by atoms with van der Waals surface area (Å²) in [6, 6.07) is 0.128. The van der Waals surface area contributed by atoms with E-state index in [-0.39, 0.29) is 23.1 Å². The van der Waals surface area contributed by atoms with Gasteiger partial charge in [-0.25, -0.2) is 4.79 Å². The fourth-order valence-electron chi connectivity index (χ4n) is 3.81. The lowest BCUT2D eigenvalue weighted by atomic mass is 9.75. The van der Waals surface area contributed by atoms with Crippen LogP contribution in [-0.4, -0.2) is 34.7 Å². The lowest BCUT2D eigenvalue weighted by Crippen LogP contribution is -2.63. The Morgan fingerprint density at radius 1 is 1.19 bits per heavy atom. The molecule has 4 nitrogen and oxygen atoms in total. The van der Waals surface area contributed by atoms with Crippen molar-refractivity contribution in [1.82, 2.24) is 4.90 Å². The molecule has 2 rings (SSSR count). The second-order valence-electron chi connectivity index (χ2n) is 8.77. The largest absolute Gasteiger partial charge is 0.444 e. The predicted octanol–water partition coefficient (Wildman–Crippen LogP) is 3.68. The van der Waals surface area contributed by atoms with Gasteiger partial charge in [-0.2, -0.15) is 0 Å². The van der Waals surface area contributed by atoms with Crippen LogP contribution in [0.2, 0.25) is 0 Å². The maximum Gasteiger partial charge on any atom is 0.410 e. The van der Waals surface area contributed by atoms with Crippen LogP contribution in [0.1, 0.15) is 73.1 Å². The van der Waals surface area contributed by atoms with Gasteiger partial charge in [-0.3, -0.25) is 0 Å². The highest BCUT2D eigenvalue weighted by Gasteiger charge is 2.47. The smallest absolute Gasteiger partial charge is 0.410 e. The SMILES string of the molecule is CC1(C)CCC(C2(N)CCCC2)N(C(=O)OC(C)(C)C)C1. The van der Waals surface area contributed by atoms with Crippen molar-refractivity contribution in [2.24, 2.45) is 11.1 Å². The van der Waals surface area contributed by atoms with Gasteiger partial charge < -0.3 is 15.4 Å². The van der Waals surface area contributed by atoms with Gasteiger partial charge in [0, 0.05) is 12.1 Å². The van der Waals surface area contributed by atoms with Crippen molar-refractivity contribution in [3.05, 3.63) is 0 Å². The summed E-state index contributed by atoms with van der Waals surface area (Å²) in [4.78, 5) is 14.6. The normalized spacial score (nSPS) is 28.5. The molecule has 0 bridgehead atoms. The van der Waals surface area contributed by atoms with Crippen molar-refractivity contribution < 1.29 is 9.53 Å². The molecule has 0 radical (unpaired) electrons. The molecule has 2 aliphatic rings. The van der Waals surface area contributed by atoms with Crippen LogP contribution >= 0.6 is 0 Å². The molecule has 2 fully saturated rings. The molecule has 1 aliphatic heterocycles. The average Bonchev–Trinajstić information content (AvgIpc) is 2.73. The summed E-state index contributed by atoms with van der Waals surface area (Å²) in [7, 11) is 0. The van der Waals surface area contributed by atoms with Crippen molar-refractivity contribution in [1.29, 1.82) is 0 Å². The lowest BCUT2D eigenvalue weighted by molar-refractivity contribution is -0.0221. The molecule has 1 atom stereocenters. The number of rotatable bonds is 1. The summed E-state index contributed by atoms with van der Waals surface area (Å²) < 4.78 is 5.64. The first-order chi connectivity index (χ1) is 9.53. The zero-order chi connectivity index (χ0) is 15.9. The maximum atomic E-state index is 12.7. The molecule has 0 aromatic rings. The Balaban J connectivity index is 2.19. The molecule has 0 aromatic heterocycles. The Morgan fingerprint density at radius 3 is 2.29 bits per heavy atom. The van der Waals surface area contributed by atoms with Crippen LogP contribution in [0.15, 0.2) is 0 Å². The van der Waals surface area contributed by atoms with Crippen LogP contribution < -0.4 is 5.73 Å². The minimum atomic E-state index is -0.458. The Bertz CT molecular complexity index is 392. The molecule has 21 heavy (non-hydrogen) atoms. The number of carbonyl (C=O) groups excluding carboxylic acids is 1. The third-order valence-electron chi connectivity index (χ3n) is 4.90. The highest BCUT2D eigenvalue weighted by atomic mass is 16.6. The quantitative estimate of drug-likeness (QED) is 0.803. The molecular weight excluding hydrogens is 264 g/mol. The lowest BCUT2D eigenvalue weighted by Gasteiger charge is -2.49. The fraction of sp³-hybridized carbons (Fsp3) is 0.941. The van der Waals surface area contributed by atoms with Gasteiger partial charge in [-0.15, -0.1) is 0 Å². The van der Waals surface area contributed by atoms with E-state index in [1.165, 1.54) is 12.8 Å². The number of hydrogen-bond acceptors (Lipinski definition) is 3. The molecule has 0 aromatic carbocycles. The third kappa shape index (κ3) is 3.91. The standard InChI is InChI=1S/C17H32N2O2/c1-15(2,3)21-14(20)19-12-16(4,5)11-8-13(19)17(18)9-6-7-10-17/h13H,6-12,18H2,1-5H3. The molecule has 1 heterocycles. The average molecular weight is 296 g/mol. The second kappa shape index (κ2) is 5.45. The Hall–Kier alpha value is -0.770. The van der Waals surface area contributed by atoms with E-state index in [0.29, 0.717) is 0 Å². The number of amides is 1. The van der Waals surface area contributed by atoms with Crippen LogP contribution in [0, 0.1) is 5.41 Å². The number of hydrogen-bond donors (Lipinski definition) is 1. The van der Waals surface area contributed by atoms with E-state index in [2.05, 4.69) is 13.8 Å². The zero-order valence-corrected chi connectivity index (χ0v) is 14.4. The molecule has 122 valence electrons. The van der Waals surface area contributed by atoms with Crippen LogP contribution in [-0.2, 0) is 4.74 Å². The summed E-state index contributed by atoms with van der Waals surface area (Å²) >= 11 is 0. The summed E-state index contributed by atoms with van der Waals surface area (Å²) in [5.74, 6) is 0. The molecule has 1 saturated heterocycles. The molecule has 2 N–H and O–H groups in total. The summed E-state index contributed by atoms with van der Waals surface area (Å²) in [5.41, 5.74) is 6.13. The molecule has 1 unspecified atom stereocenters. The van der Waals surface area contributed by atoms with Gasteiger partial charge >= 0.3 is 6.09 Å². The Morgan fingerprint density at radius 2 is 1.76 bits per heavy atom. The Kier molecular flexibility index (Phi) is 4.31. The van der Waals surface area contributed by atoms with Crippen molar-refractivity contribution in [2.45, 2.75) is 90.3 Å². The highest BCUT2D eigenvalue weighted by Crippen LogP contribution is 2.41. The fourth-order valence-corrected chi connectivity index (χ4v) is 3.81. The molecular formula is C17H32N2O2. The number of likely N-dealkylation sites (tertiary alicyclic amines) is 1. The Labute approximate surface area is 129 Å². The van der Waals surface area contributed by atoms with Crippen LogP contribution in [0.25, 0.3) is 0 Å². The van der Waals surface area contributed by atoms with Gasteiger partial charge in [0.15, 0.2) is 0 Å². The number of nitrogens with zero attached hydrogens (tertiary/aromatic N) is 1. The van der Waals surface area contributed by atoms with E-state index in [0.717, 1.165) is 32.2 Å². The molecule has 1 saturated carbocycles. The number of piperidine rings is 1. The first-order valence-corrected chi connectivity index (χ1v) is 8.31. The van der Waals surface area contributed by atoms with Gasteiger partial charge in [0.2, 0.25) is 0 Å². The van der Waals surface area contributed by atoms with E-state index in [1.54, 1.807) is 0 Å². The number of nitrogens with two attached hydrogens (primary N) is 1. The van der Waals surface area contributed by atoms with E-state index < -0.39 is 5.60 Å². The molecule has 1 amide bonds. The van der Waals surface area contributed by atoms with Gasteiger partial charge in [0.05, 0.1) is 6.04 Å². The van der Waals surface area contributed by atoms with Gasteiger partial charge in [0.1, 0.15) is 5.60 Å². The van der Waals surface area contributed by atoms with E-state index in [4.69, 9.17) is 10.5 Å². The van der Waals surface area contributed by atoms with Gasteiger partial charge in [-0.05, 0) is 51.9 Å². The van der Waals surface area contributed by atoms with E-state index >= 15 is 0 Å². The molecule has 0 spiro atoms. The zero-order valence-electron chi connectivity index (χ0n) is 14.4. The van der Waals surface area contributed by atoms with Crippen molar-refractivity contribution >= 4 is 6.09 Å². The first kappa shape index (κ1) is 16.6. The van der Waals surface area contributed by atoms with Crippen LogP contribution in [0.3, 0.4) is 0 Å². The predicted molar refractivity (Wildman–Crippen MR) is 85.1 cm³/mol. The number of carbonyl (C=O) groups is 1. The van der Waals surface area contributed by atoms with E-state index in [9.17, 15) is 4.79 Å². The highest BCUT2D eigenvalue weighted by molar-refractivity contribution is 5.69. The first-order valence-electron chi connectivity index (χ1n) is 8.31. The maximum absolute atomic E-state index is 12.7. The second-order valence-corrected chi connectivity index (χ2v) is 8.77. The van der Waals surface area contributed by atoms with Gasteiger partial charge in [-0.1, -0.05) is 26.7 Å². The third-order valence-corrected chi connectivity index (χ3v) is 4.90. The minimum absolute atomic E-state index is 0.128. The number of ether oxygens (including phenoxy) is 1. The van der Waals surface area contributed by atoms with Crippen LogP contribution in [0.4, 0.5) is 4.79 Å². The summed E-state index contributed by atoms with van der Waals surface area (Å²) in [6.07, 6.45) is 6.32.